The minimum absolute atomic E-state index is 0.603. The molecular formula is C17H17FO. The largest absolute Gasteiger partial charge is 0.497 e. The summed E-state index contributed by atoms with van der Waals surface area (Å²) in [6.07, 6.45) is 3.74. The molecule has 0 bridgehead atoms. The maximum atomic E-state index is 11.9. The van der Waals surface area contributed by atoms with Gasteiger partial charge in [0.2, 0.25) is 0 Å². The lowest BCUT2D eigenvalue weighted by Crippen LogP contribution is -1.85. The predicted octanol–water partition coefficient (Wildman–Crippen LogP) is 4.78. The van der Waals surface area contributed by atoms with Gasteiger partial charge in [-0.05, 0) is 41.7 Å². The summed E-state index contributed by atoms with van der Waals surface area (Å²) in [5.74, 6) is 0.860. The Kier molecular flexibility index (Phi) is 4.73. The molecule has 0 spiro atoms. The van der Waals surface area contributed by atoms with E-state index in [2.05, 4.69) is 24.3 Å². The van der Waals surface area contributed by atoms with Crippen LogP contribution < -0.4 is 4.74 Å². The third kappa shape index (κ3) is 3.68. The van der Waals surface area contributed by atoms with Crippen molar-refractivity contribution in [3.05, 3.63) is 66.5 Å². The summed E-state index contributed by atoms with van der Waals surface area (Å²) in [6, 6.07) is 16.4. The highest BCUT2D eigenvalue weighted by atomic mass is 19.1. The van der Waals surface area contributed by atoms with E-state index in [1.807, 2.05) is 24.3 Å². The maximum absolute atomic E-state index is 11.9. The van der Waals surface area contributed by atoms with Gasteiger partial charge < -0.3 is 4.74 Å². The SMILES string of the molecule is COc1ccc(-c2ccc(CC/C=C/F)cc2)cc1. The molecule has 0 aliphatic carbocycles. The van der Waals surface area contributed by atoms with Crippen LogP contribution in [0, 0.1) is 0 Å². The number of methoxy groups -OCH3 is 1. The Bertz CT molecular complexity index is 526. The highest BCUT2D eigenvalue weighted by Crippen LogP contribution is 2.22. The van der Waals surface area contributed by atoms with E-state index < -0.39 is 0 Å². The Labute approximate surface area is 113 Å². The molecule has 0 saturated heterocycles. The van der Waals surface area contributed by atoms with Gasteiger partial charge >= 0.3 is 0 Å². The second-order valence-corrected chi connectivity index (χ2v) is 4.33. The molecule has 0 aromatic heterocycles. The molecule has 0 aliphatic heterocycles. The predicted molar refractivity (Wildman–Crippen MR) is 77.0 cm³/mol. The van der Waals surface area contributed by atoms with Crippen molar-refractivity contribution in [1.29, 1.82) is 0 Å². The zero-order valence-electron chi connectivity index (χ0n) is 11.0. The molecule has 1 nitrogen and oxygen atoms in total. The summed E-state index contributed by atoms with van der Waals surface area (Å²) in [7, 11) is 1.66. The monoisotopic (exact) mass is 256 g/mol. The summed E-state index contributed by atoms with van der Waals surface area (Å²) in [5, 5.41) is 0. The Morgan fingerprint density at radius 3 is 2.05 bits per heavy atom. The van der Waals surface area contributed by atoms with Crippen LogP contribution >= 0.6 is 0 Å². The van der Waals surface area contributed by atoms with Crippen molar-refractivity contribution in [2.24, 2.45) is 0 Å². The average Bonchev–Trinajstić information content (AvgIpc) is 2.48. The number of rotatable bonds is 5. The highest BCUT2D eigenvalue weighted by molar-refractivity contribution is 5.64. The molecule has 19 heavy (non-hydrogen) atoms. The summed E-state index contributed by atoms with van der Waals surface area (Å²) >= 11 is 0. The summed E-state index contributed by atoms with van der Waals surface area (Å²) in [4.78, 5) is 0. The fourth-order valence-corrected chi connectivity index (χ4v) is 1.96. The first-order chi connectivity index (χ1) is 9.33. The Hall–Kier alpha value is -2.09. The van der Waals surface area contributed by atoms with E-state index in [0.717, 1.165) is 24.2 Å². The molecule has 2 aromatic rings. The molecule has 0 atom stereocenters. The van der Waals surface area contributed by atoms with Gasteiger partial charge in [-0.1, -0.05) is 42.5 Å². The summed E-state index contributed by atoms with van der Waals surface area (Å²) in [5.41, 5.74) is 3.55. The van der Waals surface area contributed by atoms with Crippen LogP contribution in [0.4, 0.5) is 4.39 Å². The third-order valence-electron chi connectivity index (χ3n) is 3.07. The van der Waals surface area contributed by atoms with E-state index >= 15 is 0 Å². The van der Waals surface area contributed by atoms with Gasteiger partial charge in [-0.3, -0.25) is 0 Å². The van der Waals surface area contributed by atoms with E-state index in [-0.39, 0.29) is 0 Å². The van der Waals surface area contributed by atoms with Gasteiger partial charge in [-0.2, -0.15) is 0 Å². The molecule has 2 rings (SSSR count). The molecular weight excluding hydrogens is 239 g/mol. The summed E-state index contributed by atoms with van der Waals surface area (Å²) in [6.45, 7) is 0. The first-order valence-corrected chi connectivity index (χ1v) is 6.32. The van der Waals surface area contributed by atoms with Crippen LogP contribution in [0.1, 0.15) is 12.0 Å². The minimum Gasteiger partial charge on any atom is -0.497 e. The van der Waals surface area contributed by atoms with Crippen LogP contribution in [-0.4, -0.2) is 7.11 Å². The molecule has 2 aromatic carbocycles. The lowest BCUT2D eigenvalue weighted by atomic mass is 10.0. The van der Waals surface area contributed by atoms with Crippen LogP contribution in [-0.2, 0) is 6.42 Å². The maximum Gasteiger partial charge on any atom is 0.118 e. The fourth-order valence-electron chi connectivity index (χ4n) is 1.96. The second kappa shape index (κ2) is 6.74. The van der Waals surface area contributed by atoms with Crippen molar-refractivity contribution in [3.63, 3.8) is 0 Å². The van der Waals surface area contributed by atoms with Crippen LogP contribution in [0.3, 0.4) is 0 Å². The molecule has 0 saturated carbocycles. The van der Waals surface area contributed by atoms with Crippen molar-refractivity contribution >= 4 is 0 Å². The van der Waals surface area contributed by atoms with Crippen molar-refractivity contribution in [3.8, 4) is 16.9 Å². The fraction of sp³-hybridized carbons (Fsp3) is 0.176. The number of hydrogen-bond donors (Lipinski definition) is 0. The van der Waals surface area contributed by atoms with E-state index in [9.17, 15) is 4.39 Å². The standard InChI is InChI=1S/C17H17FO/c1-19-17-11-9-16(10-12-17)15-7-5-14(6-8-15)4-2-3-13-18/h3,5-13H,2,4H2,1H3/b13-3+. The minimum atomic E-state index is 0.603. The Balaban J connectivity index is 2.08. The molecule has 2 heteroatoms. The zero-order valence-corrected chi connectivity index (χ0v) is 11.0. The van der Waals surface area contributed by atoms with Crippen LogP contribution in [0.2, 0.25) is 0 Å². The smallest absolute Gasteiger partial charge is 0.118 e. The van der Waals surface area contributed by atoms with E-state index in [1.165, 1.54) is 17.2 Å². The molecule has 0 heterocycles. The lowest BCUT2D eigenvalue weighted by molar-refractivity contribution is 0.415. The van der Waals surface area contributed by atoms with Crippen LogP contribution in [0.15, 0.2) is 60.9 Å². The molecule has 0 unspecified atom stereocenters. The van der Waals surface area contributed by atoms with Crippen molar-refractivity contribution in [2.75, 3.05) is 7.11 Å². The van der Waals surface area contributed by atoms with Crippen molar-refractivity contribution in [1.82, 2.24) is 0 Å². The number of benzene rings is 2. The molecule has 0 fully saturated rings. The molecule has 0 radical (unpaired) electrons. The van der Waals surface area contributed by atoms with Crippen molar-refractivity contribution < 1.29 is 9.13 Å². The molecule has 0 aliphatic rings. The normalized spacial score (nSPS) is 10.8. The summed E-state index contributed by atoms with van der Waals surface area (Å²) < 4.78 is 17.0. The first-order valence-electron chi connectivity index (χ1n) is 6.32. The van der Waals surface area contributed by atoms with Crippen LogP contribution in [0.25, 0.3) is 11.1 Å². The lowest BCUT2D eigenvalue weighted by Gasteiger charge is -2.05. The van der Waals surface area contributed by atoms with Gasteiger partial charge in [0.15, 0.2) is 0 Å². The molecule has 0 N–H and O–H groups in total. The number of allylic oxidation sites excluding steroid dienone is 1. The number of ether oxygens (including phenoxy) is 1. The van der Waals surface area contributed by atoms with Gasteiger partial charge in [-0.25, -0.2) is 4.39 Å². The molecule has 98 valence electrons. The number of aryl methyl sites for hydroxylation is 1. The number of halogens is 1. The van der Waals surface area contributed by atoms with Gasteiger partial charge in [0, 0.05) is 0 Å². The van der Waals surface area contributed by atoms with Gasteiger partial charge in [-0.15, -0.1) is 0 Å². The average molecular weight is 256 g/mol. The van der Waals surface area contributed by atoms with Gasteiger partial charge in [0.05, 0.1) is 13.4 Å². The topological polar surface area (TPSA) is 9.23 Å². The van der Waals surface area contributed by atoms with E-state index in [4.69, 9.17) is 4.74 Å². The van der Waals surface area contributed by atoms with E-state index in [0.29, 0.717) is 6.33 Å². The van der Waals surface area contributed by atoms with Gasteiger partial charge in [0.1, 0.15) is 5.75 Å². The van der Waals surface area contributed by atoms with Gasteiger partial charge in [0.25, 0.3) is 0 Å². The third-order valence-corrected chi connectivity index (χ3v) is 3.07. The first kappa shape index (κ1) is 13.3. The Morgan fingerprint density at radius 2 is 1.53 bits per heavy atom. The van der Waals surface area contributed by atoms with Crippen LogP contribution in [0.5, 0.6) is 5.75 Å². The van der Waals surface area contributed by atoms with E-state index in [1.54, 1.807) is 7.11 Å². The number of hydrogen-bond acceptors (Lipinski definition) is 1. The molecule has 0 amide bonds. The van der Waals surface area contributed by atoms with Crippen molar-refractivity contribution in [2.45, 2.75) is 12.8 Å². The highest BCUT2D eigenvalue weighted by Gasteiger charge is 1.99. The Morgan fingerprint density at radius 1 is 0.947 bits per heavy atom. The zero-order chi connectivity index (χ0) is 13.5. The quantitative estimate of drug-likeness (QED) is 0.748. The second-order valence-electron chi connectivity index (χ2n) is 4.33.